The molecular formula is C15H21NO4. The number of carbonyl (C=O) groups excluding carboxylic acids is 2. The van der Waals surface area contributed by atoms with Gasteiger partial charge in [0.1, 0.15) is 0 Å². The Morgan fingerprint density at radius 1 is 1.15 bits per heavy atom. The molecule has 5 nitrogen and oxygen atoms in total. The number of rotatable bonds is 6. The fourth-order valence-electron chi connectivity index (χ4n) is 1.66. The van der Waals surface area contributed by atoms with Gasteiger partial charge in [0.05, 0.1) is 12.2 Å². The highest BCUT2D eigenvalue weighted by atomic mass is 16.6. The van der Waals surface area contributed by atoms with Gasteiger partial charge >= 0.3 is 11.9 Å². The first kappa shape index (κ1) is 16.0. The molecule has 1 aromatic carbocycles. The maximum absolute atomic E-state index is 11.9. The Labute approximate surface area is 119 Å². The van der Waals surface area contributed by atoms with E-state index in [1.54, 1.807) is 13.0 Å². The van der Waals surface area contributed by atoms with Crippen LogP contribution in [0.15, 0.2) is 12.1 Å². The van der Waals surface area contributed by atoms with Crippen LogP contribution in [0.5, 0.6) is 0 Å². The Balaban J connectivity index is 2.55. The SMILES string of the molecule is CCCCOC(=O)COC(=O)c1cc(N)c(C)cc1C. The topological polar surface area (TPSA) is 78.6 Å². The zero-order chi connectivity index (χ0) is 15.1. The van der Waals surface area contributed by atoms with Crippen LogP contribution in [0.3, 0.4) is 0 Å². The molecule has 5 heteroatoms. The summed E-state index contributed by atoms with van der Waals surface area (Å²) in [5.41, 5.74) is 8.32. The lowest BCUT2D eigenvalue weighted by molar-refractivity contribution is -0.147. The highest BCUT2D eigenvalue weighted by Gasteiger charge is 2.14. The minimum absolute atomic E-state index is 0.351. The highest BCUT2D eigenvalue weighted by molar-refractivity contribution is 5.93. The Hall–Kier alpha value is -2.04. The standard InChI is InChI=1S/C15H21NO4/c1-4-5-6-19-14(17)9-20-15(18)12-8-13(16)11(3)7-10(12)2/h7-8H,4-6,9,16H2,1-3H3. The quantitative estimate of drug-likeness (QED) is 0.491. The molecule has 0 bridgehead atoms. The van der Waals surface area contributed by atoms with Crippen molar-refractivity contribution in [2.24, 2.45) is 0 Å². The number of nitrogens with two attached hydrogens (primary N) is 1. The molecule has 1 rings (SSSR count). The lowest BCUT2D eigenvalue weighted by Crippen LogP contribution is -2.18. The second-order valence-corrected chi connectivity index (χ2v) is 4.67. The van der Waals surface area contributed by atoms with E-state index in [1.807, 2.05) is 19.9 Å². The number of carbonyl (C=O) groups is 2. The van der Waals surface area contributed by atoms with Gasteiger partial charge in [-0.05, 0) is 37.5 Å². The van der Waals surface area contributed by atoms with E-state index in [0.717, 1.165) is 24.0 Å². The van der Waals surface area contributed by atoms with Crippen molar-refractivity contribution in [1.29, 1.82) is 0 Å². The van der Waals surface area contributed by atoms with Crippen LogP contribution in [0.2, 0.25) is 0 Å². The van der Waals surface area contributed by atoms with Gasteiger partial charge < -0.3 is 15.2 Å². The fourth-order valence-corrected chi connectivity index (χ4v) is 1.66. The molecule has 0 amide bonds. The van der Waals surface area contributed by atoms with Gasteiger partial charge in [0.25, 0.3) is 0 Å². The molecule has 0 aliphatic carbocycles. The number of benzene rings is 1. The van der Waals surface area contributed by atoms with Crippen LogP contribution in [0, 0.1) is 13.8 Å². The smallest absolute Gasteiger partial charge is 0.344 e. The molecular weight excluding hydrogens is 258 g/mol. The maximum atomic E-state index is 11.9. The van der Waals surface area contributed by atoms with Gasteiger partial charge in [0.15, 0.2) is 6.61 Å². The van der Waals surface area contributed by atoms with Crippen LogP contribution >= 0.6 is 0 Å². The number of hydrogen-bond donors (Lipinski definition) is 1. The largest absolute Gasteiger partial charge is 0.463 e. The average Bonchev–Trinajstić information content (AvgIpc) is 2.40. The lowest BCUT2D eigenvalue weighted by atomic mass is 10.0. The Bertz CT molecular complexity index is 497. The molecule has 0 radical (unpaired) electrons. The van der Waals surface area contributed by atoms with Crippen molar-refractivity contribution in [3.8, 4) is 0 Å². The van der Waals surface area contributed by atoms with E-state index < -0.39 is 11.9 Å². The summed E-state index contributed by atoms with van der Waals surface area (Å²) in [5, 5.41) is 0. The van der Waals surface area contributed by atoms with E-state index in [2.05, 4.69) is 0 Å². The average molecular weight is 279 g/mol. The second-order valence-electron chi connectivity index (χ2n) is 4.67. The van der Waals surface area contributed by atoms with Gasteiger partial charge in [-0.2, -0.15) is 0 Å². The summed E-state index contributed by atoms with van der Waals surface area (Å²) >= 11 is 0. The number of esters is 2. The van der Waals surface area contributed by atoms with E-state index in [1.165, 1.54) is 0 Å². The van der Waals surface area contributed by atoms with Crippen LogP contribution in [0.25, 0.3) is 0 Å². The number of nitrogen functional groups attached to an aromatic ring is 1. The monoisotopic (exact) mass is 279 g/mol. The van der Waals surface area contributed by atoms with Crippen LogP contribution in [-0.2, 0) is 14.3 Å². The molecule has 0 heterocycles. The van der Waals surface area contributed by atoms with Crippen molar-refractivity contribution in [2.45, 2.75) is 33.6 Å². The summed E-state index contributed by atoms with van der Waals surface area (Å²) < 4.78 is 9.83. The molecule has 0 saturated heterocycles. The maximum Gasteiger partial charge on any atom is 0.344 e. The molecule has 2 N–H and O–H groups in total. The molecule has 110 valence electrons. The van der Waals surface area contributed by atoms with Crippen molar-refractivity contribution in [3.63, 3.8) is 0 Å². The molecule has 20 heavy (non-hydrogen) atoms. The molecule has 0 unspecified atom stereocenters. The number of unbranched alkanes of at least 4 members (excludes halogenated alkanes) is 1. The van der Waals surface area contributed by atoms with Gasteiger partial charge in [-0.15, -0.1) is 0 Å². The summed E-state index contributed by atoms with van der Waals surface area (Å²) in [6, 6.07) is 3.38. The number of aryl methyl sites for hydroxylation is 2. The first-order valence-corrected chi connectivity index (χ1v) is 6.65. The number of ether oxygens (including phenoxy) is 2. The fraction of sp³-hybridized carbons (Fsp3) is 0.467. The lowest BCUT2D eigenvalue weighted by Gasteiger charge is -2.09. The third-order valence-corrected chi connectivity index (χ3v) is 2.92. The van der Waals surface area contributed by atoms with Gasteiger partial charge in [-0.25, -0.2) is 9.59 Å². The molecule has 0 saturated carbocycles. The van der Waals surface area contributed by atoms with Crippen LogP contribution < -0.4 is 5.73 Å². The first-order valence-electron chi connectivity index (χ1n) is 6.65. The van der Waals surface area contributed by atoms with Crippen LogP contribution in [0.1, 0.15) is 41.3 Å². The van der Waals surface area contributed by atoms with Crippen molar-refractivity contribution in [1.82, 2.24) is 0 Å². The number of hydrogen-bond acceptors (Lipinski definition) is 5. The third kappa shape index (κ3) is 4.57. The Morgan fingerprint density at radius 3 is 2.50 bits per heavy atom. The molecule has 0 fully saturated rings. The minimum Gasteiger partial charge on any atom is -0.463 e. The normalized spacial score (nSPS) is 10.2. The summed E-state index contributed by atoms with van der Waals surface area (Å²) in [5.74, 6) is -1.11. The zero-order valence-corrected chi connectivity index (χ0v) is 12.2. The number of anilines is 1. The van der Waals surface area contributed by atoms with Crippen molar-refractivity contribution in [2.75, 3.05) is 18.9 Å². The van der Waals surface area contributed by atoms with E-state index >= 15 is 0 Å². The minimum atomic E-state index is -0.568. The predicted molar refractivity (Wildman–Crippen MR) is 76.5 cm³/mol. The molecule has 0 spiro atoms. The molecule has 0 atom stereocenters. The predicted octanol–water partition coefficient (Wildman–Crippen LogP) is 2.39. The molecule has 0 aromatic heterocycles. The van der Waals surface area contributed by atoms with E-state index in [4.69, 9.17) is 15.2 Å². The molecule has 1 aromatic rings. The van der Waals surface area contributed by atoms with Gasteiger partial charge in [-0.1, -0.05) is 19.4 Å². The van der Waals surface area contributed by atoms with Gasteiger partial charge in [-0.3, -0.25) is 0 Å². The Kier molecular flexibility index (Phi) is 6.03. The van der Waals surface area contributed by atoms with Crippen molar-refractivity contribution < 1.29 is 19.1 Å². The zero-order valence-electron chi connectivity index (χ0n) is 12.2. The van der Waals surface area contributed by atoms with E-state index in [9.17, 15) is 9.59 Å². The molecule has 0 aliphatic heterocycles. The third-order valence-electron chi connectivity index (χ3n) is 2.92. The Morgan fingerprint density at radius 2 is 1.85 bits per heavy atom. The molecule has 0 aliphatic rings. The van der Waals surface area contributed by atoms with Gasteiger partial charge in [0, 0.05) is 5.69 Å². The van der Waals surface area contributed by atoms with E-state index in [-0.39, 0.29) is 6.61 Å². The summed E-state index contributed by atoms with van der Waals surface area (Å²) in [4.78, 5) is 23.2. The summed E-state index contributed by atoms with van der Waals surface area (Å²) in [6.07, 6.45) is 1.74. The van der Waals surface area contributed by atoms with Crippen molar-refractivity contribution >= 4 is 17.6 Å². The van der Waals surface area contributed by atoms with Crippen LogP contribution in [-0.4, -0.2) is 25.2 Å². The summed E-state index contributed by atoms with van der Waals surface area (Å²) in [6.45, 7) is 5.63. The second kappa shape index (κ2) is 7.53. The first-order chi connectivity index (χ1) is 9.45. The van der Waals surface area contributed by atoms with E-state index in [0.29, 0.717) is 17.9 Å². The van der Waals surface area contributed by atoms with Gasteiger partial charge in [0.2, 0.25) is 0 Å². The summed E-state index contributed by atoms with van der Waals surface area (Å²) in [7, 11) is 0. The highest BCUT2D eigenvalue weighted by Crippen LogP contribution is 2.18. The van der Waals surface area contributed by atoms with Crippen LogP contribution in [0.4, 0.5) is 5.69 Å². The van der Waals surface area contributed by atoms with Crippen molar-refractivity contribution in [3.05, 3.63) is 28.8 Å².